The van der Waals surface area contributed by atoms with Crippen molar-refractivity contribution in [3.63, 3.8) is 0 Å². The number of fused-ring (bicyclic) bond motifs is 1. The van der Waals surface area contributed by atoms with Crippen LogP contribution < -0.4 is 4.90 Å². The number of benzene rings is 1. The van der Waals surface area contributed by atoms with Crippen LogP contribution in [0.3, 0.4) is 0 Å². The summed E-state index contributed by atoms with van der Waals surface area (Å²) < 4.78 is 15.4. The summed E-state index contributed by atoms with van der Waals surface area (Å²) in [5, 5.41) is 5.72. The summed E-state index contributed by atoms with van der Waals surface area (Å²) in [5.74, 6) is 1.87. The summed E-state index contributed by atoms with van der Waals surface area (Å²) in [6, 6.07) is 6.34. The Balaban J connectivity index is 1.75. The summed E-state index contributed by atoms with van der Waals surface area (Å²) in [6.45, 7) is 11.4. The minimum Gasteiger partial charge on any atom is -0.354 e. The van der Waals surface area contributed by atoms with Gasteiger partial charge in [0.25, 0.3) is 0 Å². The van der Waals surface area contributed by atoms with E-state index < -0.39 is 0 Å². The standard InChI is InChI=1S/C27H37FN6O/c1-5-7-10-23(35)32-15-8-16-33(18-17-32)26-24-20(4)31-34(22-13-11-21(28)12-14-22)27(24)30-25(29-26)19(3)9-6-2/h11-14,19H,5-10,15-18H2,1-4H3. The van der Waals surface area contributed by atoms with E-state index in [1.54, 1.807) is 16.8 Å². The second kappa shape index (κ2) is 11.1. The lowest BCUT2D eigenvalue weighted by molar-refractivity contribution is -0.131. The van der Waals surface area contributed by atoms with Gasteiger partial charge in [-0.05, 0) is 50.5 Å². The number of halogens is 1. The van der Waals surface area contributed by atoms with E-state index in [1.165, 1.54) is 12.1 Å². The molecular weight excluding hydrogens is 443 g/mol. The topological polar surface area (TPSA) is 67.2 Å². The lowest BCUT2D eigenvalue weighted by atomic mass is 10.1. The number of anilines is 1. The predicted molar refractivity (Wildman–Crippen MR) is 138 cm³/mol. The van der Waals surface area contributed by atoms with E-state index in [4.69, 9.17) is 15.1 Å². The van der Waals surface area contributed by atoms with Crippen molar-refractivity contribution in [1.29, 1.82) is 0 Å². The minimum absolute atomic E-state index is 0.208. The van der Waals surface area contributed by atoms with E-state index in [-0.39, 0.29) is 17.6 Å². The quantitative estimate of drug-likeness (QED) is 0.432. The molecule has 2 aromatic heterocycles. The molecule has 0 saturated carbocycles. The van der Waals surface area contributed by atoms with Crippen LogP contribution in [0.15, 0.2) is 24.3 Å². The molecule has 188 valence electrons. The zero-order valence-corrected chi connectivity index (χ0v) is 21.4. The Bertz CT molecular complexity index is 1160. The third-order valence-corrected chi connectivity index (χ3v) is 6.83. The number of aryl methyl sites for hydroxylation is 1. The van der Waals surface area contributed by atoms with Crippen molar-refractivity contribution < 1.29 is 9.18 Å². The van der Waals surface area contributed by atoms with Gasteiger partial charge in [0.1, 0.15) is 17.5 Å². The Morgan fingerprint density at radius 3 is 2.54 bits per heavy atom. The van der Waals surface area contributed by atoms with Crippen LogP contribution in [0, 0.1) is 12.7 Å². The first kappa shape index (κ1) is 25.1. The highest BCUT2D eigenvalue weighted by molar-refractivity contribution is 5.91. The van der Waals surface area contributed by atoms with Crippen molar-refractivity contribution >= 4 is 22.8 Å². The van der Waals surface area contributed by atoms with Crippen LogP contribution >= 0.6 is 0 Å². The van der Waals surface area contributed by atoms with Crippen LogP contribution in [0.4, 0.5) is 10.2 Å². The maximum atomic E-state index is 13.6. The highest BCUT2D eigenvalue weighted by atomic mass is 19.1. The fraction of sp³-hybridized carbons (Fsp3) is 0.556. The van der Waals surface area contributed by atoms with Gasteiger partial charge < -0.3 is 9.80 Å². The highest BCUT2D eigenvalue weighted by Gasteiger charge is 2.26. The van der Waals surface area contributed by atoms with E-state index >= 15 is 0 Å². The molecule has 3 aromatic rings. The van der Waals surface area contributed by atoms with E-state index in [0.717, 1.165) is 85.8 Å². The molecule has 0 N–H and O–H groups in total. The molecule has 1 aliphatic rings. The molecular formula is C27H37FN6O. The average molecular weight is 481 g/mol. The van der Waals surface area contributed by atoms with Gasteiger partial charge in [0.2, 0.25) is 5.91 Å². The largest absolute Gasteiger partial charge is 0.354 e. The van der Waals surface area contributed by atoms with E-state index in [2.05, 4.69) is 25.7 Å². The van der Waals surface area contributed by atoms with Gasteiger partial charge in [0.05, 0.1) is 16.8 Å². The number of aromatic nitrogens is 4. The van der Waals surface area contributed by atoms with Crippen molar-refractivity contribution in [3.8, 4) is 5.69 Å². The summed E-state index contributed by atoms with van der Waals surface area (Å²) >= 11 is 0. The number of nitrogens with zero attached hydrogens (tertiary/aromatic N) is 6. The average Bonchev–Trinajstić information content (AvgIpc) is 3.03. The number of hydrogen-bond donors (Lipinski definition) is 0. The molecule has 7 nitrogen and oxygen atoms in total. The number of rotatable bonds is 8. The van der Waals surface area contributed by atoms with Gasteiger partial charge in [-0.3, -0.25) is 4.79 Å². The Kier molecular flexibility index (Phi) is 7.98. The fourth-order valence-corrected chi connectivity index (χ4v) is 4.82. The molecule has 35 heavy (non-hydrogen) atoms. The first-order valence-electron chi connectivity index (χ1n) is 13.0. The predicted octanol–water partition coefficient (Wildman–Crippen LogP) is 5.40. The molecule has 1 aliphatic heterocycles. The molecule has 0 bridgehead atoms. The van der Waals surface area contributed by atoms with Crippen LogP contribution in [0.1, 0.15) is 76.7 Å². The van der Waals surface area contributed by atoms with Crippen molar-refractivity contribution in [2.45, 2.75) is 72.1 Å². The Morgan fingerprint density at radius 1 is 1.06 bits per heavy atom. The molecule has 3 heterocycles. The Labute approximate surface area is 207 Å². The van der Waals surface area contributed by atoms with E-state index in [0.29, 0.717) is 13.0 Å². The third-order valence-electron chi connectivity index (χ3n) is 6.83. The van der Waals surface area contributed by atoms with Crippen molar-refractivity contribution in [2.24, 2.45) is 0 Å². The number of carbonyl (C=O) groups is 1. The Hall–Kier alpha value is -3.03. The molecule has 4 rings (SSSR count). The molecule has 1 fully saturated rings. The SMILES string of the molecule is CCCCC(=O)N1CCCN(c2nc(C(C)CCC)nc3c2c(C)nn3-c2ccc(F)cc2)CC1. The number of unbranched alkanes of at least 4 members (excludes halogenated alkanes) is 1. The zero-order chi connectivity index (χ0) is 24.9. The lowest BCUT2D eigenvalue weighted by Gasteiger charge is -2.24. The maximum absolute atomic E-state index is 13.6. The van der Waals surface area contributed by atoms with Crippen LogP contribution in [0.5, 0.6) is 0 Å². The molecule has 1 amide bonds. The van der Waals surface area contributed by atoms with Crippen LogP contribution in [0.2, 0.25) is 0 Å². The van der Waals surface area contributed by atoms with Crippen molar-refractivity contribution in [3.05, 3.63) is 41.6 Å². The van der Waals surface area contributed by atoms with Crippen molar-refractivity contribution in [1.82, 2.24) is 24.6 Å². The van der Waals surface area contributed by atoms with Gasteiger partial charge >= 0.3 is 0 Å². The minimum atomic E-state index is -0.280. The molecule has 1 unspecified atom stereocenters. The number of hydrogen-bond acceptors (Lipinski definition) is 5. The Morgan fingerprint density at radius 2 is 1.83 bits per heavy atom. The van der Waals surface area contributed by atoms with E-state index in [1.807, 2.05) is 11.8 Å². The van der Waals surface area contributed by atoms with E-state index in [9.17, 15) is 9.18 Å². The van der Waals surface area contributed by atoms with Gasteiger partial charge in [0.15, 0.2) is 5.65 Å². The van der Waals surface area contributed by atoms with Gasteiger partial charge in [-0.25, -0.2) is 19.0 Å². The zero-order valence-electron chi connectivity index (χ0n) is 21.4. The molecule has 0 radical (unpaired) electrons. The second-order valence-corrected chi connectivity index (χ2v) is 9.59. The molecule has 1 atom stereocenters. The molecule has 0 aliphatic carbocycles. The first-order chi connectivity index (χ1) is 16.9. The smallest absolute Gasteiger partial charge is 0.222 e. The normalized spacial score (nSPS) is 15.5. The summed E-state index contributed by atoms with van der Waals surface area (Å²) in [5.41, 5.74) is 2.36. The second-order valence-electron chi connectivity index (χ2n) is 9.59. The highest BCUT2D eigenvalue weighted by Crippen LogP contribution is 2.32. The summed E-state index contributed by atoms with van der Waals surface area (Å²) in [6.07, 6.45) is 5.53. The molecule has 1 saturated heterocycles. The van der Waals surface area contributed by atoms with Gasteiger partial charge in [0, 0.05) is 38.5 Å². The fourth-order valence-electron chi connectivity index (χ4n) is 4.82. The van der Waals surface area contributed by atoms with Crippen LogP contribution in [0.25, 0.3) is 16.7 Å². The monoisotopic (exact) mass is 480 g/mol. The molecule has 1 aromatic carbocycles. The van der Waals surface area contributed by atoms with Crippen molar-refractivity contribution in [2.75, 3.05) is 31.1 Å². The summed E-state index contributed by atoms with van der Waals surface area (Å²) in [7, 11) is 0. The van der Waals surface area contributed by atoms with Gasteiger partial charge in [-0.2, -0.15) is 5.10 Å². The molecule has 8 heteroatoms. The van der Waals surface area contributed by atoms with Crippen LogP contribution in [-0.2, 0) is 4.79 Å². The third kappa shape index (κ3) is 5.46. The van der Waals surface area contributed by atoms with Crippen LogP contribution in [-0.4, -0.2) is 56.7 Å². The molecule has 0 spiro atoms. The number of amides is 1. The maximum Gasteiger partial charge on any atom is 0.222 e. The lowest BCUT2D eigenvalue weighted by Crippen LogP contribution is -2.35. The summed E-state index contributed by atoms with van der Waals surface area (Å²) in [4.78, 5) is 27.0. The number of carbonyl (C=O) groups excluding carboxylic acids is 1. The van der Waals surface area contributed by atoms with Gasteiger partial charge in [-0.15, -0.1) is 0 Å². The first-order valence-corrected chi connectivity index (χ1v) is 13.0. The van der Waals surface area contributed by atoms with Gasteiger partial charge in [-0.1, -0.05) is 33.6 Å².